The van der Waals surface area contributed by atoms with E-state index in [1.165, 1.54) is 34.6 Å². The Morgan fingerprint density at radius 1 is 0.862 bits per heavy atom. The number of rotatable bonds is 25. The van der Waals surface area contributed by atoms with E-state index in [1.807, 2.05) is 0 Å². The lowest BCUT2D eigenvalue weighted by atomic mass is 9.90. The van der Waals surface area contributed by atoms with Crippen molar-refractivity contribution >= 4 is 61.0 Å². The van der Waals surface area contributed by atoms with E-state index in [0.717, 1.165) is 25.0 Å². The Morgan fingerprint density at radius 2 is 1.41 bits per heavy atom. The van der Waals surface area contributed by atoms with Gasteiger partial charge in [-0.2, -0.15) is 0 Å². The van der Waals surface area contributed by atoms with E-state index in [2.05, 4.69) is 15.2 Å². The van der Waals surface area contributed by atoms with Crippen molar-refractivity contribution < 1.29 is 89.9 Å². The van der Waals surface area contributed by atoms with Gasteiger partial charge in [0, 0.05) is 19.8 Å². The summed E-state index contributed by atoms with van der Waals surface area (Å²) >= 11 is 0. The van der Waals surface area contributed by atoms with Crippen LogP contribution in [0.1, 0.15) is 84.1 Å². The Morgan fingerprint density at radius 3 is 1.88 bits per heavy atom. The van der Waals surface area contributed by atoms with Crippen LogP contribution in [0.15, 0.2) is 6.33 Å². The fourth-order valence-electron chi connectivity index (χ4n) is 4.88. The van der Waals surface area contributed by atoms with E-state index in [4.69, 9.17) is 47.9 Å². The van der Waals surface area contributed by atoms with Gasteiger partial charge in [-0.1, -0.05) is 0 Å². The van der Waals surface area contributed by atoms with Crippen LogP contribution in [0.5, 0.6) is 0 Å². The Labute approximate surface area is 331 Å². The maximum Gasteiger partial charge on any atom is 0.406 e. The highest BCUT2D eigenvalue weighted by Crippen LogP contribution is 2.48. The summed E-state index contributed by atoms with van der Waals surface area (Å²) in [5.41, 5.74) is 2.70. The number of carbonyl (C=O) groups is 9. The molecule has 0 radical (unpaired) electrons. The average molecular weight is 850 g/mol. The minimum Gasteiger partial charge on any atom is -0.468 e. The SMILES string of the molecule is CCOC(=O)C(COC(C)=O)(COP(=O)(N[C@@H](C)C(=O)OC)OC[C@H]1O[C@@H](n2cnc(C(N)=O)n2)[C@H](OC(=O)CCC(C)=O)[C@@H]1OC(=O)CCC(C)=O)C(=O)OCC. The van der Waals surface area contributed by atoms with Gasteiger partial charge in [0.2, 0.25) is 11.2 Å². The number of carbonyl (C=O) groups excluding carboxylic acids is 9. The topological polar surface area (TPSA) is 323 Å². The molecule has 1 saturated heterocycles. The summed E-state index contributed by atoms with van der Waals surface area (Å²) in [6, 6.07) is -1.47. The Kier molecular flexibility index (Phi) is 19.2. The number of Topliss-reactive ketones (excluding diaryl/α,β-unsaturated/α-hetero) is 2. The Balaban J connectivity index is 2.67. The van der Waals surface area contributed by atoms with Crippen molar-refractivity contribution in [2.45, 2.75) is 97.8 Å². The highest BCUT2D eigenvalue weighted by Gasteiger charge is 2.54. The molecule has 25 heteroatoms. The molecule has 1 amide bonds. The van der Waals surface area contributed by atoms with E-state index in [9.17, 15) is 47.7 Å². The van der Waals surface area contributed by atoms with Gasteiger partial charge in [-0.15, -0.1) is 5.10 Å². The van der Waals surface area contributed by atoms with Gasteiger partial charge in [0.15, 0.2) is 18.4 Å². The lowest BCUT2D eigenvalue weighted by Gasteiger charge is -2.31. The molecule has 324 valence electrons. The zero-order valence-corrected chi connectivity index (χ0v) is 33.8. The third-order valence-corrected chi connectivity index (χ3v) is 9.48. The quantitative estimate of drug-likeness (QED) is 0.0557. The van der Waals surface area contributed by atoms with E-state index < -0.39 is 124 Å². The van der Waals surface area contributed by atoms with Crippen LogP contribution in [-0.4, -0.2) is 133 Å². The van der Waals surface area contributed by atoms with Gasteiger partial charge in [-0.05, 0) is 34.6 Å². The molecule has 1 aliphatic rings. The zero-order chi connectivity index (χ0) is 43.8. The van der Waals surface area contributed by atoms with Crippen LogP contribution in [0.25, 0.3) is 0 Å². The number of hydrogen-bond acceptors (Lipinski definition) is 21. The number of ketones is 2. The Bertz CT molecular complexity index is 1710. The molecule has 1 unspecified atom stereocenters. The first-order chi connectivity index (χ1) is 27.2. The molecule has 0 bridgehead atoms. The van der Waals surface area contributed by atoms with Crippen molar-refractivity contribution in [1.82, 2.24) is 19.9 Å². The van der Waals surface area contributed by atoms with Crippen molar-refractivity contribution in [3.8, 4) is 0 Å². The van der Waals surface area contributed by atoms with E-state index in [-0.39, 0.29) is 37.6 Å². The molecular weight excluding hydrogens is 801 g/mol. The van der Waals surface area contributed by atoms with Gasteiger partial charge in [0.25, 0.3) is 5.91 Å². The van der Waals surface area contributed by atoms with Gasteiger partial charge in [0.1, 0.15) is 36.6 Å². The van der Waals surface area contributed by atoms with Crippen LogP contribution in [0.2, 0.25) is 0 Å². The largest absolute Gasteiger partial charge is 0.468 e. The summed E-state index contributed by atoms with van der Waals surface area (Å²) in [7, 11) is -4.01. The average Bonchev–Trinajstić information content (AvgIpc) is 3.77. The van der Waals surface area contributed by atoms with Gasteiger partial charge in [0.05, 0.1) is 46.4 Å². The summed E-state index contributed by atoms with van der Waals surface area (Å²) in [6.45, 7) is 3.75. The van der Waals surface area contributed by atoms with E-state index in [0.29, 0.717) is 0 Å². The molecule has 3 N–H and O–H groups in total. The van der Waals surface area contributed by atoms with Gasteiger partial charge >= 0.3 is 43.6 Å². The predicted octanol–water partition coefficient (Wildman–Crippen LogP) is -0.195. The number of ether oxygens (including phenoxy) is 7. The molecule has 0 aromatic carbocycles. The minimum absolute atomic E-state index is 0.233. The molecule has 0 aliphatic carbocycles. The lowest BCUT2D eigenvalue weighted by Crippen LogP contribution is -2.50. The maximum absolute atomic E-state index is 14.5. The molecule has 6 atom stereocenters. The lowest BCUT2D eigenvalue weighted by molar-refractivity contribution is -0.181. The van der Waals surface area contributed by atoms with Crippen LogP contribution in [0, 0.1) is 5.41 Å². The number of esters is 6. The summed E-state index contributed by atoms with van der Waals surface area (Å²) in [4.78, 5) is 116. The monoisotopic (exact) mass is 849 g/mol. The molecule has 58 heavy (non-hydrogen) atoms. The number of aromatic nitrogens is 3. The molecule has 1 fully saturated rings. The number of methoxy groups -OCH3 is 1. The summed E-state index contributed by atoms with van der Waals surface area (Å²) in [5, 5.41) is 6.22. The van der Waals surface area contributed by atoms with Gasteiger partial charge in [-0.3, -0.25) is 42.6 Å². The second-order valence-electron chi connectivity index (χ2n) is 12.5. The highest BCUT2D eigenvalue weighted by molar-refractivity contribution is 7.51. The van der Waals surface area contributed by atoms with Crippen molar-refractivity contribution in [3.05, 3.63) is 12.2 Å². The third kappa shape index (κ3) is 14.3. The number of nitrogens with one attached hydrogen (secondary N) is 1. The molecule has 0 saturated carbocycles. The smallest absolute Gasteiger partial charge is 0.406 e. The number of amides is 1. The molecular formula is C33H48N5O19P. The molecule has 24 nitrogen and oxygen atoms in total. The van der Waals surface area contributed by atoms with Crippen molar-refractivity contribution in [3.63, 3.8) is 0 Å². The van der Waals surface area contributed by atoms with Crippen LogP contribution < -0.4 is 10.8 Å². The number of primary amides is 1. The second kappa shape index (κ2) is 22.7. The fraction of sp³-hybridized carbons (Fsp3) is 0.667. The van der Waals surface area contributed by atoms with Crippen molar-refractivity contribution in [2.24, 2.45) is 11.1 Å². The van der Waals surface area contributed by atoms with Gasteiger partial charge < -0.3 is 48.5 Å². The van der Waals surface area contributed by atoms with Crippen LogP contribution in [0.3, 0.4) is 0 Å². The first kappa shape index (κ1) is 49.0. The summed E-state index contributed by atoms with van der Waals surface area (Å²) in [6.07, 6.45) is -6.90. The zero-order valence-electron chi connectivity index (χ0n) is 33.0. The van der Waals surface area contributed by atoms with Crippen molar-refractivity contribution in [2.75, 3.05) is 40.1 Å². The maximum atomic E-state index is 14.5. The van der Waals surface area contributed by atoms with Gasteiger partial charge in [-0.25, -0.2) is 19.3 Å². The summed E-state index contributed by atoms with van der Waals surface area (Å²) in [5.74, 6) is -8.78. The van der Waals surface area contributed by atoms with Crippen molar-refractivity contribution in [1.29, 1.82) is 0 Å². The van der Waals surface area contributed by atoms with Crippen LogP contribution in [0.4, 0.5) is 0 Å². The molecule has 2 rings (SSSR count). The molecule has 2 heterocycles. The number of nitrogens with two attached hydrogens (primary N) is 1. The first-order valence-corrected chi connectivity index (χ1v) is 19.2. The van der Waals surface area contributed by atoms with E-state index >= 15 is 0 Å². The highest BCUT2D eigenvalue weighted by atomic mass is 31.2. The third-order valence-electron chi connectivity index (χ3n) is 7.82. The summed E-state index contributed by atoms with van der Waals surface area (Å²) < 4.78 is 63.7. The molecule has 0 spiro atoms. The first-order valence-electron chi connectivity index (χ1n) is 17.7. The molecule has 1 aliphatic heterocycles. The second-order valence-corrected chi connectivity index (χ2v) is 14.3. The van der Waals surface area contributed by atoms with Crippen LogP contribution >= 0.6 is 7.75 Å². The predicted molar refractivity (Wildman–Crippen MR) is 188 cm³/mol. The van der Waals surface area contributed by atoms with Crippen LogP contribution in [-0.2, 0) is 85.1 Å². The molecule has 1 aromatic heterocycles. The number of hydrogen-bond donors (Lipinski definition) is 2. The van der Waals surface area contributed by atoms with E-state index in [1.54, 1.807) is 0 Å². The standard InChI is InChI=1S/C33H48N5O19P/c1-8-50-31(46)33(15-52-21(6)41,32(47)51-9-2)16-54-58(48,37-20(5)30(45)49-7)53-14-22-25(56-23(42)12-10-18(3)39)26(57-24(43)13-11-19(4)40)29(55-22)38-17-35-28(36-38)27(34)44/h17,20,22,25-26,29H,8-16H2,1-7H3,(H2,34,44)(H,37,48)/t20-,22+,25+,26+,29+,58?/m0/s1. The normalized spacial score (nSPS) is 19.2. The minimum atomic E-state index is -5.03. The molecule has 1 aromatic rings. The number of nitrogens with zero attached hydrogens (tertiary/aromatic N) is 3. The Hall–Kier alpha value is -5.16. The fourth-order valence-corrected chi connectivity index (χ4v) is 6.42.